The SMILES string of the molecule is Nc1ncnc2c1ncn2[C@@H]1O[C@H](CO)[C@@H](O)[C@H]1O.Nc1ncnc2c1ncn2[C@@H]1O[C@H](CO)[C@@H](O)[C@H]1O.Nc1ncnc2c1ncn2[C@@H]1O[C@H](CO)[C@@H](O)[C@H]1O.O=P(O)(O)O. The van der Waals surface area contributed by atoms with Crippen molar-refractivity contribution in [2.45, 2.75) is 73.6 Å². The largest absolute Gasteiger partial charge is 0.466 e. The molecule has 0 amide bonds. The van der Waals surface area contributed by atoms with E-state index >= 15 is 0 Å². The highest BCUT2D eigenvalue weighted by atomic mass is 31.2. The third kappa shape index (κ3) is 9.37. The summed E-state index contributed by atoms with van der Waals surface area (Å²) in [6.45, 7) is -1.17. The van der Waals surface area contributed by atoms with Gasteiger partial charge in [-0.15, -0.1) is 0 Å². The van der Waals surface area contributed by atoms with Crippen molar-refractivity contribution >= 4 is 58.8 Å². The summed E-state index contributed by atoms with van der Waals surface area (Å²) in [5, 5.41) is 86.2. The monoisotopic (exact) mass is 899 g/mol. The van der Waals surface area contributed by atoms with E-state index in [2.05, 4.69) is 44.9 Å². The number of nitrogen functional groups attached to an aromatic ring is 3. The molecule has 9 heterocycles. The molecule has 62 heavy (non-hydrogen) atoms. The average molecular weight is 900 g/mol. The van der Waals surface area contributed by atoms with Gasteiger partial charge in [0.2, 0.25) is 0 Å². The maximum absolute atomic E-state index is 9.95. The second-order valence-electron chi connectivity index (χ2n) is 13.4. The van der Waals surface area contributed by atoms with E-state index in [1.54, 1.807) is 0 Å². The van der Waals surface area contributed by atoms with E-state index in [0.29, 0.717) is 33.5 Å². The first-order valence-corrected chi connectivity index (χ1v) is 19.4. The molecule has 338 valence electrons. The van der Waals surface area contributed by atoms with E-state index in [1.807, 2.05) is 0 Å². The summed E-state index contributed by atoms with van der Waals surface area (Å²) in [6.07, 6.45) is -4.27. The molecule has 0 unspecified atom stereocenters. The van der Waals surface area contributed by atoms with Crippen LogP contribution in [0.15, 0.2) is 38.0 Å². The molecule has 6 aromatic heterocycles. The van der Waals surface area contributed by atoms with Gasteiger partial charge in [-0.1, -0.05) is 0 Å². The van der Waals surface area contributed by atoms with E-state index in [-0.39, 0.29) is 17.5 Å². The summed E-state index contributed by atoms with van der Waals surface area (Å²) in [5.74, 6) is 0.654. The summed E-state index contributed by atoms with van der Waals surface area (Å²) >= 11 is 0. The highest BCUT2D eigenvalue weighted by Gasteiger charge is 2.46. The molecule has 3 aliphatic rings. The zero-order valence-electron chi connectivity index (χ0n) is 31.6. The average Bonchev–Trinajstić information content (AvgIpc) is 4.09. The normalized spacial score (nSPS) is 29.5. The second kappa shape index (κ2) is 19.0. The van der Waals surface area contributed by atoms with Crippen molar-refractivity contribution in [1.29, 1.82) is 0 Å². The molecule has 0 spiro atoms. The first-order valence-electron chi connectivity index (χ1n) is 17.8. The Labute approximate surface area is 345 Å². The molecule has 3 aliphatic heterocycles. The van der Waals surface area contributed by atoms with Crippen LogP contribution in [0.2, 0.25) is 0 Å². The summed E-state index contributed by atoms with van der Waals surface area (Å²) in [5.41, 5.74) is 19.3. The Morgan fingerprint density at radius 1 is 0.468 bits per heavy atom. The molecule has 31 nitrogen and oxygen atoms in total. The van der Waals surface area contributed by atoms with Gasteiger partial charge in [-0.05, 0) is 0 Å². The van der Waals surface area contributed by atoms with E-state index in [0.717, 1.165) is 0 Å². The van der Waals surface area contributed by atoms with Crippen LogP contribution in [0.5, 0.6) is 0 Å². The topological polar surface area (TPSA) is 496 Å². The molecule has 3 saturated heterocycles. The van der Waals surface area contributed by atoms with Crippen LogP contribution in [0.4, 0.5) is 17.5 Å². The lowest BCUT2D eigenvalue weighted by Crippen LogP contribution is -2.33. The van der Waals surface area contributed by atoms with Crippen molar-refractivity contribution in [3.63, 3.8) is 0 Å². The van der Waals surface area contributed by atoms with Crippen LogP contribution in [0, 0.1) is 0 Å². The number of phosphoric acid groups is 1. The number of fused-ring (bicyclic) bond motifs is 3. The van der Waals surface area contributed by atoms with Gasteiger partial charge in [0.05, 0.1) is 38.8 Å². The third-order valence-electron chi connectivity index (χ3n) is 9.54. The van der Waals surface area contributed by atoms with Crippen LogP contribution in [-0.2, 0) is 18.8 Å². The lowest BCUT2D eigenvalue weighted by Gasteiger charge is -2.16. The standard InChI is InChI=1S/3C10H13N5O4.H3O4P/c3*11-8-5-9(13-2-12-8)15(3-14-5)10-7(18)6(17)4(1-16)19-10;1-5(2,3)4/h3*2-4,6-7,10,16-18H,1H2,(H2,11,12,13);(H3,1,2,3,4)/t3*4-,6-,7-,10-;/m111./s1. The molecule has 3 fully saturated rings. The lowest BCUT2D eigenvalue weighted by molar-refractivity contribution is -0.0511. The zero-order chi connectivity index (χ0) is 45.2. The Morgan fingerprint density at radius 3 is 0.919 bits per heavy atom. The predicted molar refractivity (Wildman–Crippen MR) is 202 cm³/mol. The van der Waals surface area contributed by atoms with Gasteiger partial charge in [0, 0.05) is 0 Å². The van der Waals surface area contributed by atoms with Crippen LogP contribution in [0.3, 0.4) is 0 Å². The molecular weight excluding hydrogens is 857 g/mol. The fourth-order valence-electron chi connectivity index (χ4n) is 6.50. The minimum Gasteiger partial charge on any atom is -0.394 e. The van der Waals surface area contributed by atoms with E-state index in [4.69, 9.17) is 66.0 Å². The number of nitrogens with zero attached hydrogens (tertiary/aromatic N) is 12. The van der Waals surface area contributed by atoms with Gasteiger partial charge in [-0.25, -0.2) is 49.4 Å². The van der Waals surface area contributed by atoms with Gasteiger partial charge in [0.25, 0.3) is 0 Å². The number of aromatic nitrogens is 12. The molecule has 12 atom stereocenters. The summed E-state index contributed by atoms with van der Waals surface area (Å²) in [6, 6.07) is 0. The van der Waals surface area contributed by atoms with Crippen LogP contribution in [0.1, 0.15) is 18.7 Å². The Balaban J connectivity index is 0.000000147. The van der Waals surface area contributed by atoms with Crippen molar-refractivity contribution in [3.8, 4) is 0 Å². The number of nitrogens with two attached hydrogens (primary N) is 3. The fraction of sp³-hybridized carbons (Fsp3) is 0.500. The number of hydrogen-bond donors (Lipinski definition) is 15. The van der Waals surface area contributed by atoms with Crippen molar-refractivity contribution in [2.24, 2.45) is 0 Å². The maximum Gasteiger partial charge on any atom is 0.466 e. The molecule has 32 heteroatoms. The third-order valence-corrected chi connectivity index (χ3v) is 9.54. The maximum atomic E-state index is 9.95. The molecule has 18 N–H and O–H groups in total. The molecule has 0 radical (unpaired) electrons. The van der Waals surface area contributed by atoms with Gasteiger partial charge in [-0.3, -0.25) is 13.7 Å². The number of imidazole rings is 3. The smallest absolute Gasteiger partial charge is 0.394 e. The van der Waals surface area contributed by atoms with E-state index in [9.17, 15) is 30.6 Å². The number of aliphatic hydroxyl groups excluding tert-OH is 9. The Kier molecular flexibility index (Phi) is 14.1. The molecule has 0 saturated carbocycles. The number of hydrogen-bond acceptors (Lipinski definition) is 25. The van der Waals surface area contributed by atoms with Gasteiger partial charge < -0.3 is 92.1 Å². The lowest BCUT2D eigenvalue weighted by atomic mass is 10.1. The fourth-order valence-corrected chi connectivity index (χ4v) is 6.50. The molecule has 6 aromatic rings. The van der Waals surface area contributed by atoms with Gasteiger partial charge in [-0.2, -0.15) is 0 Å². The quantitative estimate of drug-likeness (QED) is 0.0691. The number of ether oxygens (including phenoxy) is 3. The van der Waals surface area contributed by atoms with Gasteiger partial charge in [0.15, 0.2) is 53.1 Å². The van der Waals surface area contributed by atoms with Crippen molar-refractivity contribution < 1.29 is 79.4 Å². The van der Waals surface area contributed by atoms with Crippen molar-refractivity contribution in [1.82, 2.24) is 58.6 Å². The van der Waals surface area contributed by atoms with Crippen LogP contribution < -0.4 is 17.2 Å². The summed E-state index contributed by atoms with van der Waals surface area (Å²) in [7, 11) is -4.64. The number of rotatable bonds is 6. The summed E-state index contributed by atoms with van der Waals surface area (Å²) < 4.78 is 29.4. The van der Waals surface area contributed by atoms with Gasteiger partial charge in [0.1, 0.15) is 90.5 Å². The molecule has 0 aliphatic carbocycles. The van der Waals surface area contributed by atoms with Crippen molar-refractivity contribution in [2.75, 3.05) is 37.0 Å². The number of anilines is 3. The van der Waals surface area contributed by atoms with Crippen LogP contribution in [0.25, 0.3) is 33.5 Å². The Morgan fingerprint density at radius 2 is 0.710 bits per heavy atom. The molecule has 9 rings (SSSR count). The first-order chi connectivity index (χ1) is 29.4. The second-order valence-corrected chi connectivity index (χ2v) is 14.5. The Hall–Kier alpha value is -5.32. The number of aliphatic hydroxyl groups is 9. The minimum atomic E-state index is -4.64. The molecule has 0 bridgehead atoms. The van der Waals surface area contributed by atoms with Gasteiger partial charge >= 0.3 is 7.82 Å². The molecular formula is C30H42N15O16P. The zero-order valence-corrected chi connectivity index (χ0v) is 32.5. The molecule has 0 aromatic carbocycles. The van der Waals surface area contributed by atoms with E-state index in [1.165, 1.54) is 51.7 Å². The highest BCUT2D eigenvalue weighted by Crippen LogP contribution is 2.34. The highest BCUT2D eigenvalue weighted by molar-refractivity contribution is 7.45. The summed E-state index contributed by atoms with van der Waals surface area (Å²) in [4.78, 5) is 57.2. The van der Waals surface area contributed by atoms with Crippen molar-refractivity contribution in [3.05, 3.63) is 38.0 Å². The minimum absolute atomic E-state index is 0.218. The van der Waals surface area contributed by atoms with Crippen LogP contribution in [-0.4, -0.2) is 194 Å². The Bertz CT molecular complexity index is 2230. The van der Waals surface area contributed by atoms with Crippen LogP contribution >= 0.6 is 7.82 Å². The first kappa shape index (κ1) is 46.2. The predicted octanol–water partition coefficient (Wildman–Crippen LogP) is -6.87. The van der Waals surface area contributed by atoms with E-state index < -0.39 is 101 Å².